The molecule has 1 aliphatic rings. The van der Waals surface area contributed by atoms with Gasteiger partial charge in [0, 0.05) is 13.1 Å². The number of ether oxygens (including phenoxy) is 1. The number of piperidine rings is 1. The molecule has 0 bridgehead atoms. The van der Waals surface area contributed by atoms with E-state index in [0.717, 1.165) is 19.3 Å². The van der Waals surface area contributed by atoms with Gasteiger partial charge < -0.3 is 4.74 Å². The topological polar surface area (TPSA) is 75.7 Å². The predicted octanol–water partition coefficient (Wildman–Crippen LogP) is 0.258. The Morgan fingerprint density at radius 1 is 1.47 bits per heavy atom. The maximum absolute atomic E-state index is 12.0. The number of rotatable bonds is 5. The number of nitrogens with one attached hydrogen (secondary N) is 1. The summed E-state index contributed by atoms with van der Waals surface area (Å²) in [6.07, 6.45) is 2.87. The summed E-state index contributed by atoms with van der Waals surface area (Å²) >= 11 is 0. The lowest BCUT2D eigenvalue weighted by Gasteiger charge is -2.32. The summed E-state index contributed by atoms with van der Waals surface area (Å²) in [4.78, 5) is 11.5. The largest absolute Gasteiger partial charge is 0.468 e. The molecule has 1 aliphatic heterocycles. The van der Waals surface area contributed by atoms with Crippen LogP contribution in [0.5, 0.6) is 0 Å². The molecule has 0 aromatic rings. The molecule has 0 aromatic carbocycles. The Balaban J connectivity index is 2.80. The maximum Gasteiger partial charge on any atom is 0.324 e. The first-order valence-corrected chi connectivity index (χ1v) is 7.31. The summed E-state index contributed by atoms with van der Waals surface area (Å²) in [5, 5.41) is 0. The first-order valence-electron chi connectivity index (χ1n) is 5.87. The van der Waals surface area contributed by atoms with Crippen molar-refractivity contribution in [1.29, 1.82) is 0 Å². The molecule has 0 aliphatic carbocycles. The van der Waals surface area contributed by atoms with Crippen molar-refractivity contribution in [1.82, 2.24) is 9.03 Å². The zero-order valence-electron chi connectivity index (χ0n) is 10.3. The Hall–Kier alpha value is -0.660. The van der Waals surface area contributed by atoms with Gasteiger partial charge in [0.05, 0.1) is 7.11 Å². The van der Waals surface area contributed by atoms with Crippen molar-refractivity contribution in [2.75, 3.05) is 20.2 Å². The van der Waals surface area contributed by atoms with E-state index >= 15 is 0 Å². The highest BCUT2D eigenvalue weighted by Crippen LogP contribution is 2.20. The lowest BCUT2D eigenvalue weighted by atomic mass is 10.1. The maximum atomic E-state index is 12.0. The third-order valence-electron chi connectivity index (χ3n) is 2.77. The fraction of sp³-hybridized carbons (Fsp3) is 0.900. The minimum Gasteiger partial charge on any atom is -0.468 e. The zero-order valence-corrected chi connectivity index (χ0v) is 11.1. The van der Waals surface area contributed by atoms with E-state index in [1.807, 2.05) is 6.92 Å². The van der Waals surface area contributed by atoms with Crippen molar-refractivity contribution in [2.24, 2.45) is 0 Å². The first-order chi connectivity index (χ1) is 8.03. The number of hydrogen-bond donors (Lipinski definition) is 1. The number of esters is 1. The fourth-order valence-corrected chi connectivity index (χ4v) is 3.40. The molecule has 0 spiro atoms. The molecule has 0 radical (unpaired) electrons. The molecule has 1 atom stereocenters. The molecule has 0 saturated carbocycles. The Bertz CT molecular complexity index is 355. The van der Waals surface area contributed by atoms with E-state index in [9.17, 15) is 13.2 Å². The standard InChI is InChI=1S/C10H20N2O4S/c1-3-7-11-17(14,15)12-8-5-4-6-9(12)10(13)16-2/h9,11H,3-8H2,1-2H3/t9-/m1/s1. The van der Waals surface area contributed by atoms with Crippen LogP contribution in [-0.4, -0.2) is 44.9 Å². The Morgan fingerprint density at radius 3 is 2.76 bits per heavy atom. The van der Waals surface area contributed by atoms with Crippen LogP contribution in [0.3, 0.4) is 0 Å². The molecule has 1 rings (SSSR count). The van der Waals surface area contributed by atoms with E-state index < -0.39 is 22.2 Å². The zero-order chi connectivity index (χ0) is 12.9. The van der Waals surface area contributed by atoms with Crippen LogP contribution in [-0.2, 0) is 19.7 Å². The molecule has 1 N–H and O–H groups in total. The van der Waals surface area contributed by atoms with Crippen LogP contribution >= 0.6 is 0 Å². The quantitative estimate of drug-likeness (QED) is 0.723. The van der Waals surface area contributed by atoms with E-state index in [4.69, 9.17) is 0 Å². The van der Waals surface area contributed by atoms with Crippen LogP contribution in [0.4, 0.5) is 0 Å². The molecule has 0 aromatic heterocycles. The number of nitrogens with zero attached hydrogens (tertiary/aromatic N) is 1. The van der Waals surface area contributed by atoms with E-state index in [0.29, 0.717) is 19.5 Å². The normalized spacial score (nSPS) is 22.4. The lowest BCUT2D eigenvalue weighted by Crippen LogP contribution is -2.52. The van der Waals surface area contributed by atoms with Gasteiger partial charge in [-0.1, -0.05) is 6.92 Å². The van der Waals surface area contributed by atoms with Gasteiger partial charge in [-0.3, -0.25) is 4.79 Å². The van der Waals surface area contributed by atoms with Crippen LogP contribution in [0.15, 0.2) is 0 Å². The van der Waals surface area contributed by atoms with Crippen molar-refractivity contribution in [2.45, 2.75) is 38.6 Å². The molecular formula is C10H20N2O4S. The van der Waals surface area contributed by atoms with Gasteiger partial charge in [0.2, 0.25) is 0 Å². The minimum atomic E-state index is -3.57. The monoisotopic (exact) mass is 264 g/mol. The average molecular weight is 264 g/mol. The molecule has 6 nitrogen and oxygen atoms in total. The summed E-state index contributed by atoms with van der Waals surface area (Å²) in [6, 6.07) is -0.678. The number of hydrogen-bond acceptors (Lipinski definition) is 4. The van der Waals surface area contributed by atoms with Crippen molar-refractivity contribution < 1.29 is 17.9 Å². The summed E-state index contributed by atoms with van der Waals surface area (Å²) in [5.74, 6) is -0.480. The highest BCUT2D eigenvalue weighted by Gasteiger charge is 2.36. The van der Waals surface area contributed by atoms with Crippen LogP contribution in [0.2, 0.25) is 0 Å². The van der Waals surface area contributed by atoms with Crippen LogP contribution in [0.1, 0.15) is 32.6 Å². The highest BCUT2D eigenvalue weighted by atomic mass is 32.2. The first kappa shape index (κ1) is 14.4. The molecule has 7 heteroatoms. The van der Waals surface area contributed by atoms with Crippen molar-refractivity contribution >= 4 is 16.2 Å². The molecule has 0 unspecified atom stereocenters. The molecule has 100 valence electrons. The van der Waals surface area contributed by atoms with Gasteiger partial charge in [-0.2, -0.15) is 12.7 Å². The summed E-state index contributed by atoms with van der Waals surface area (Å²) in [6.45, 7) is 2.64. The van der Waals surface area contributed by atoms with Gasteiger partial charge in [0.1, 0.15) is 6.04 Å². The molecule has 1 heterocycles. The molecule has 0 amide bonds. The SMILES string of the molecule is CCCNS(=O)(=O)N1CCCC[C@@H]1C(=O)OC. The summed E-state index contributed by atoms with van der Waals surface area (Å²) in [7, 11) is -2.29. The number of carbonyl (C=O) groups is 1. The third-order valence-corrected chi connectivity index (χ3v) is 4.39. The number of carbonyl (C=O) groups excluding carboxylic acids is 1. The Kier molecular flexibility index (Phi) is 5.35. The van der Waals surface area contributed by atoms with Gasteiger partial charge >= 0.3 is 5.97 Å². The van der Waals surface area contributed by atoms with Crippen LogP contribution < -0.4 is 4.72 Å². The van der Waals surface area contributed by atoms with E-state index in [2.05, 4.69) is 9.46 Å². The van der Waals surface area contributed by atoms with Gasteiger partial charge in [-0.05, 0) is 25.7 Å². The van der Waals surface area contributed by atoms with Crippen LogP contribution in [0.25, 0.3) is 0 Å². The summed E-state index contributed by atoms with van der Waals surface area (Å²) in [5.41, 5.74) is 0. The van der Waals surface area contributed by atoms with Gasteiger partial charge in [-0.25, -0.2) is 4.72 Å². The van der Waals surface area contributed by atoms with E-state index in [1.54, 1.807) is 0 Å². The van der Waals surface area contributed by atoms with Gasteiger partial charge in [0.15, 0.2) is 0 Å². The smallest absolute Gasteiger partial charge is 0.324 e. The molecule has 17 heavy (non-hydrogen) atoms. The molecule has 1 fully saturated rings. The van der Waals surface area contributed by atoms with Gasteiger partial charge in [-0.15, -0.1) is 0 Å². The average Bonchev–Trinajstić information content (AvgIpc) is 2.35. The van der Waals surface area contributed by atoms with E-state index in [-0.39, 0.29) is 0 Å². The second-order valence-electron chi connectivity index (χ2n) is 4.04. The van der Waals surface area contributed by atoms with Crippen molar-refractivity contribution in [3.63, 3.8) is 0 Å². The van der Waals surface area contributed by atoms with Gasteiger partial charge in [0.25, 0.3) is 10.2 Å². The Morgan fingerprint density at radius 2 is 2.18 bits per heavy atom. The fourth-order valence-electron chi connectivity index (χ4n) is 1.88. The second kappa shape index (κ2) is 6.32. The highest BCUT2D eigenvalue weighted by molar-refractivity contribution is 7.87. The second-order valence-corrected chi connectivity index (χ2v) is 5.75. The summed E-state index contributed by atoms with van der Waals surface area (Å²) < 4.78 is 32.3. The molecule has 1 saturated heterocycles. The minimum absolute atomic E-state index is 0.374. The Labute approximate surface area is 102 Å². The molecular weight excluding hydrogens is 244 g/mol. The van der Waals surface area contributed by atoms with Crippen molar-refractivity contribution in [3.05, 3.63) is 0 Å². The van der Waals surface area contributed by atoms with Crippen LogP contribution in [0, 0.1) is 0 Å². The third kappa shape index (κ3) is 3.65. The predicted molar refractivity (Wildman–Crippen MR) is 63.6 cm³/mol. The van der Waals surface area contributed by atoms with E-state index in [1.165, 1.54) is 11.4 Å². The lowest BCUT2D eigenvalue weighted by molar-refractivity contribution is -0.146. The van der Waals surface area contributed by atoms with Crippen molar-refractivity contribution in [3.8, 4) is 0 Å². The number of methoxy groups -OCH3 is 1.